The minimum absolute atomic E-state index is 0.0500. The number of benzene rings is 2. The van der Waals surface area contributed by atoms with Gasteiger partial charge in [-0.25, -0.2) is 0 Å². The van der Waals surface area contributed by atoms with Gasteiger partial charge in [-0.05, 0) is 61.6 Å². The smallest absolute Gasteiger partial charge is 0.0152 e. The van der Waals surface area contributed by atoms with Gasteiger partial charge < -0.3 is 0 Å². The highest BCUT2D eigenvalue weighted by Gasteiger charge is 2.33. The molecule has 0 aromatic heterocycles. The molecule has 0 amide bonds. The van der Waals surface area contributed by atoms with Gasteiger partial charge in [0.1, 0.15) is 0 Å². The molecule has 23 heavy (non-hydrogen) atoms. The molecule has 0 heteroatoms. The summed E-state index contributed by atoms with van der Waals surface area (Å²) in [5.74, 6) is 0. The maximum absolute atomic E-state index is 2.40. The van der Waals surface area contributed by atoms with Crippen molar-refractivity contribution in [2.75, 3.05) is 0 Å². The van der Waals surface area contributed by atoms with Crippen molar-refractivity contribution in [3.8, 4) is 0 Å². The molecule has 0 fully saturated rings. The molecule has 0 spiro atoms. The zero-order valence-electron chi connectivity index (χ0n) is 15.1. The Hall–Kier alpha value is -2.08. The minimum Gasteiger partial charge on any atom is -0.0723 e. The zero-order chi connectivity index (χ0) is 16.8. The quantitative estimate of drug-likeness (QED) is 0.574. The summed E-state index contributed by atoms with van der Waals surface area (Å²) >= 11 is 0. The van der Waals surface area contributed by atoms with E-state index in [1.54, 1.807) is 0 Å². The van der Waals surface area contributed by atoms with Crippen LogP contribution in [0.5, 0.6) is 0 Å². The molecule has 3 rings (SSSR count). The third-order valence-corrected chi connectivity index (χ3v) is 5.00. The molecule has 0 saturated carbocycles. The fourth-order valence-corrected chi connectivity index (χ4v) is 3.70. The predicted molar refractivity (Wildman–Crippen MR) is 101 cm³/mol. The average Bonchev–Trinajstić information content (AvgIpc) is 2.48. The van der Waals surface area contributed by atoms with Crippen LogP contribution in [0.2, 0.25) is 0 Å². The molecule has 0 nitrogen and oxygen atoms in total. The number of rotatable bonds is 1. The van der Waals surface area contributed by atoms with Gasteiger partial charge in [-0.1, -0.05) is 73.0 Å². The van der Waals surface area contributed by atoms with E-state index in [1.807, 2.05) is 0 Å². The standard InChI is InChI=1S/C23H26/c1-15(2)21-14-20(18-10-7-16(3)8-11-18)19-12-9-17(4)13-22(19)23(21,5)6/h7-14H,1-6H3. The van der Waals surface area contributed by atoms with Crippen LogP contribution in [0.25, 0.3) is 5.57 Å². The van der Waals surface area contributed by atoms with E-state index in [9.17, 15) is 0 Å². The second-order valence-electron chi connectivity index (χ2n) is 7.51. The van der Waals surface area contributed by atoms with Gasteiger partial charge >= 0.3 is 0 Å². The fraction of sp³-hybridized carbons (Fsp3) is 0.304. The number of hydrogen-bond donors (Lipinski definition) is 0. The maximum Gasteiger partial charge on any atom is 0.0152 e. The normalized spacial score (nSPS) is 15.9. The Morgan fingerprint density at radius 2 is 1.43 bits per heavy atom. The van der Waals surface area contributed by atoms with Gasteiger partial charge in [-0.15, -0.1) is 0 Å². The van der Waals surface area contributed by atoms with Gasteiger partial charge in [0.15, 0.2) is 0 Å². The molecule has 0 aliphatic heterocycles. The molecular formula is C23H26. The van der Waals surface area contributed by atoms with Crippen LogP contribution in [-0.4, -0.2) is 0 Å². The Morgan fingerprint density at radius 1 is 0.826 bits per heavy atom. The number of hydrogen-bond acceptors (Lipinski definition) is 0. The van der Waals surface area contributed by atoms with Gasteiger partial charge in [-0.2, -0.15) is 0 Å². The molecule has 0 saturated heterocycles. The SMILES string of the molecule is CC(C)=C1C=C(c2ccc(C)cc2)c2ccc(C)cc2C1(C)C. The van der Waals surface area contributed by atoms with Crippen LogP contribution < -0.4 is 0 Å². The Balaban J connectivity index is 2.31. The molecule has 0 radical (unpaired) electrons. The summed E-state index contributed by atoms with van der Waals surface area (Å²) in [6, 6.07) is 15.8. The van der Waals surface area contributed by atoms with E-state index in [-0.39, 0.29) is 5.41 Å². The largest absolute Gasteiger partial charge is 0.0723 e. The van der Waals surface area contributed by atoms with E-state index < -0.39 is 0 Å². The second-order valence-corrected chi connectivity index (χ2v) is 7.51. The van der Waals surface area contributed by atoms with Crippen LogP contribution in [0, 0.1) is 13.8 Å². The Labute approximate surface area is 140 Å². The fourth-order valence-electron chi connectivity index (χ4n) is 3.70. The molecule has 118 valence electrons. The second kappa shape index (κ2) is 5.53. The first-order valence-corrected chi connectivity index (χ1v) is 8.39. The highest BCUT2D eigenvalue weighted by Crippen LogP contribution is 2.45. The monoisotopic (exact) mass is 302 g/mol. The number of fused-ring (bicyclic) bond motifs is 1. The molecule has 1 aliphatic rings. The summed E-state index contributed by atoms with van der Waals surface area (Å²) in [5, 5.41) is 0. The molecular weight excluding hydrogens is 276 g/mol. The topological polar surface area (TPSA) is 0 Å². The van der Waals surface area contributed by atoms with E-state index in [0.717, 1.165) is 0 Å². The van der Waals surface area contributed by atoms with Crippen molar-refractivity contribution in [1.82, 2.24) is 0 Å². The molecule has 2 aromatic carbocycles. The summed E-state index contributed by atoms with van der Waals surface area (Å²) in [7, 11) is 0. The van der Waals surface area contributed by atoms with Crippen LogP contribution in [0.15, 0.2) is 59.7 Å². The van der Waals surface area contributed by atoms with Crippen molar-refractivity contribution in [3.63, 3.8) is 0 Å². The van der Waals surface area contributed by atoms with E-state index in [1.165, 1.54) is 44.5 Å². The summed E-state index contributed by atoms with van der Waals surface area (Å²) in [6.45, 7) is 13.5. The van der Waals surface area contributed by atoms with Gasteiger partial charge in [0.05, 0.1) is 0 Å². The van der Waals surface area contributed by atoms with Crippen LogP contribution in [0.3, 0.4) is 0 Å². The lowest BCUT2D eigenvalue weighted by Gasteiger charge is -2.36. The van der Waals surface area contributed by atoms with Crippen molar-refractivity contribution >= 4 is 5.57 Å². The van der Waals surface area contributed by atoms with Gasteiger partial charge in [0.25, 0.3) is 0 Å². The van der Waals surface area contributed by atoms with Gasteiger partial charge in [0.2, 0.25) is 0 Å². The Kier molecular flexibility index (Phi) is 3.80. The number of allylic oxidation sites excluding steroid dienone is 3. The number of aryl methyl sites for hydroxylation is 2. The van der Waals surface area contributed by atoms with Crippen molar-refractivity contribution in [1.29, 1.82) is 0 Å². The van der Waals surface area contributed by atoms with Crippen molar-refractivity contribution in [3.05, 3.63) is 87.5 Å². The molecule has 2 aromatic rings. The summed E-state index contributed by atoms with van der Waals surface area (Å²) in [4.78, 5) is 0. The lowest BCUT2D eigenvalue weighted by atomic mass is 9.67. The first-order chi connectivity index (χ1) is 10.8. The molecule has 1 aliphatic carbocycles. The minimum atomic E-state index is 0.0500. The zero-order valence-corrected chi connectivity index (χ0v) is 15.1. The Bertz CT molecular complexity index is 808. The van der Waals surface area contributed by atoms with Crippen molar-refractivity contribution < 1.29 is 0 Å². The van der Waals surface area contributed by atoms with E-state index >= 15 is 0 Å². The van der Waals surface area contributed by atoms with Crippen LogP contribution in [0.1, 0.15) is 55.5 Å². The highest BCUT2D eigenvalue weighted by molar-refractivity contribution is 5.87. The Morgan fingerprint density at radius 3 is 2.04 bits per heavy atom. The molecule has 0 heterocycles. The lowest BCUT2D eigenvalue weighted by Crippen LogP contribution is -2.25. The summed E-state index contributed by atoms with van der Waals surface area (Å²) in [6.07, 6.45) is 2.40. The van der Waals surface area contributed by atoms with Gasteiger partial charge in [0, 0.05) is 5.41 Å². The lowest BCUT2D eigenvalue weighted by molar-refractivity contribution is 0.624. The van der Waals surface area contributed by atoms with Crippen molar-refractivity contribution in [2.45, 2.75) is 47.0 Å². The van der Waals surface area contributed by atoms with Crippen LogP contribution in [-0.2, 0) is 5.41 Å². The summed E-state index contributed by atoms with van der Waals surface area (Å²) < 4.78 is 0. The third kappa shape index (κ3) is 2.67. The molecule has 0 atom stereocenters. The predicted octanol–water partition coefficient (Wildman–Crippen LogP) is 6.36. The first-order valence-electron chi connectivity index (χ1n) is 8.39. The maximum atomic E-state index is 2.40. The highest BCUT2D eigenvalue weighted by atomic mass is 14.4. The van der Waals surface area contributed by atoms with E-state index in [0.29, 0.717) is 0 Å². The third-order valence-electron chi connectivity index (χ3n) is 5.00. The van der Waals surface area contributed by atoms with Gasteiger partial charge in [-0.3, -0.25) is 0 Å². The molecule has 0 unspecified atom stereocenters. The summed E-state index contributed by atoms with van der Waals surface area (Å²) in [5.41, 5.74) is 11.0. The van der Waals surface area contributed by atoms with Crippen LogP contribution in [0.4, 0.5) is 0 Å². The van der Waals surface area contributed by atoms with Crippen molar-refractivity contribution in [2.24, 2.45) is 0 Å². The van der Waals surface area contributed by atoms with E-state index in [4.69, 9.17) is 0 Å². The first kappa shape index (κ1) is 15.8. The molecule has 0 bridgehead atoms. The molecule has 0 N–H and O–H groups in total. The average molecular weight is 302 g/mol. The van der Waals surface area contributed by atoms with Crippen LogP contribution >= 0.6 is 0 Å². The van der Waals surface area contributed by atoms with E-state index in [2.05, 4.69) is 90.1 Å².